The number of nitrogens with one attached hydrogen (secondary N) is 1. The van der Waals surface area contributed by atoms with E-state index in [0.29, 0.717) is 11.3 Å². The van der Waals surface area contributed by atoms with E-state index in [9.17, 15) is 8.42 Å². The highest BCUT2D eigenvalue weighted by Crippen LogP contribution is 2.30. The Labute approximate surface area is 124 Å². The van der Waals surface area contributed by atoms with E-state index in [2.05, 4.69) is 20.7 Å². The number of anilines is 1. The summed E-state index contributed by atoms with van der Waals surface area (Å²) in [6, 6.07) is 8.25. The third-order valence-corrected chi connectivity index (χ3v) is 5.68. The first-order valence-electron chi connectivity index (χ1n) is 5.41. The molecule has 2 N–H and O–H groups in total. The standard InChI is InChI=1S/C12H12BrNO3S2/c1-8-11(6-12(13)18-8)19(16,17)14-10-4-2-3-9(5-10)7-15/h2-6,14-15H,7H2,1H3. The number of hydrogen-bond donors (Lipinski definition) is 2. The number of rotatable bonds is 4. The highest BCUT2D eigenvalue weighted by atomic mass is 79.9. The third-order valence-electron chi connectivity index (χ3n) is 2.49. The van der Waals surface area contributed by atoms with Crippen molar-refractivity contribution >= 4 is 43.0 Å². The maximum Gasteiger partial charge on any atom is 0.263 e. The maximum absolute atomic E-state index is 12.2. The van der Waals surface area contributed by atoms with Crippen LogP contribution in [0.25, 0.3) is 0 Å². The van der Waals surface area contributed by atoms with Gasteiger partial charge in [-0.15, -0.1) is 11.3 Å². The molecule has 2 rings (SSSR count). The molecule has 0 amide bonds. The van der Waals surface area contributed by atoms with Gasteiger partial charge in [0.15, 0.2) is 0 Å². The van der Waals surface area contributed by atoms with Gasteiger partial charge < -0.3 is 5.11 Å². The lowest BCUT2D eigenvalue weighted by molar-refractivity contribution is 0.282. The van der Waals surface area contributed by atoms with Crippen LogP contribution in [0.15, 0.2) is 39.0 Å². The molecule has 19 heavy (non-hydrogen) atoms. The fourth-order valence-corrected chi connectivity index (χ4v) is 5.11. The lowest BCUT2D eigenvalue weighted by atomic mass is 10.2. The molecule has 0 bridgehead atoms. The summed E-state index contributed by atoms with van der Waals surface area (Å²) in [5, 5.41) is 9.04. The molecule has 1 aromatic carbocycles. The molecule has 102 valence electrons. The molecule has 1 aromatic heterocycles. The zero-order valence-electron chi connectivity index (χ0n) is 10.1. The molecule has 0 aliphatic carbocycles. The molecule has 0 spiro atoms. The molecule has 7 heteroatoms. The second-order valence-electron chi connectivity index (χ2n) is 3.93. The molecule has 0 aliphatic rings. The van der Waals surface area contributed by atoms with E-state index in [1.165, 1.54) is 11.3 Å². The van der Waals surface area contributed by atoms with Crippen molar-refractivity contribution in [2.24, 2.45) is 0 Å². The van der Waals surface area contributed by atoms with Crippen LogP contribution in [0.2, 0.25) is 0 Å². The maximum atomic E-state index is 12.2. The molecule has 4 nitrogen and oxygen atoms in total. The summed E-state index contributed by atoms with van der Waals surface area (Å²) in [6.45, 7) is 1.63. The molecule has 0 aliphatic heterocycles. The quantitative estimate of drug-likeness (QED) is 0.878. The molecule has 0 saturated heterocycles. The summed E-state index contributed by atoms with van der Waals surface area (Å²) in [4.78, 5) is 0.983. The largest absolute Gasteiger partial charge is 0.392 e. The normalized spacial score (nSPS) is 11.5. The zero-order chi connectivity index (χ0) is 14.0. The fourth-order valence-electron chi connectivity index (χ4n) is 1.64. The zero-order valence-corrected chi connectivity index (χ0v) is 13.3. The van der Waals surface area contributed by atoms with Gasteiger partial charge in [-0.1, -0.05) is 12.1 Å². The summed E-state index contributed by atoms with van der Waals surface area (Å²) in [5.74, 6) is 0. The van der Waals surface area contributed by atoms with E-state index in [1.807, 2.05) is 0 Å². The molecular weight excluding hydrogens is 350 g/mol. The monoisotopic (exact) mass is 361 g/mol. The van der Waals surface area contributed by atoms with E-state index >= 15 is 0 Å². The van der Waals surface area contributed by atoms with Crippen LogP contribution < -0.4 is 4.72 Å². The van der Waals surface area contributed by atoms with Crippen molar-refractivity contribution in [3.05, 3.63) is 44.6 Å². The summed E-state index contributed by atoms with van der Waals surface area (Å²) in [6.07, 6.45) is 0. The van der Waals surface area contributed by atoms with Gasteiger partial charge in [0.1, 0.15) is 4.90 Å². The summed E-state index contributed by atoms with van der Waals surface area (Å²) < 4.78 is 27.8. The average molecular weight is 362 g/mol. The van der Waals surface area contributed by atoms with Crippen molar-refractivity contribution < 1.29 is 13.5 Å². The van der Waals surface area contributed by atoms with Gasteiger partial charge in [-0.05, 0) is 46.6 Å². The number of halogens is 1. The number of benzene rings is 1. The van der Waals surface area contributed by atoms with Crippen LogP contribution >= 0.6 is 27.3 Å². The minimum Gasteiger partial charge on any atom is -0.392 e. The number of aryl methyl sites for hydroxylation is 1. The van der Waals surface area contributed by atoms with Crippen molar-refractivity contribution in [3.63, 3.8) is 0 Å². The van der Waals surface area contributed by atoms with Crippen molar-refractivity contribution in [3.8, 4) is 0 Å². The summed E-state index contributed by atoms with van der Waals surface area (Å²) >= 11 is 4.65. The molecule has 0 unspecified atom stereocenters. The topological polar surface area (TPSA) is 66.4 Å². The Balaban J connectivity index is 2.33. The molecular formula is C12H12BrNO3S2. The van der Waals surface area contributed by atoms with Crippen LogP contribution in [-0.4, -0.2) is 13.5 Å². The van der Waals surface area contributed by atoms with Gasteiger partial charge in [-0.2, -0.15) is 0 Å². The molecule has 2 aromatic rings. The van der Waals surface area contributed by atoms with Gasteiger partial charge >= 0.3 is 0 Å². The van der Waals surface area contributed by atoms with Gasteiger partial charge in [0.05, 0.1) is 10.4 Å². The third kappa shape index (κ3) is 3.36. The smallest absolute Gasteiger partial charge is 0.263 e. The average Bonchev–Trinajstić information content (AvgIpc) is 2.69. The first kappa shape index (κ1) is 14.5. The van der Waals surface area contributed by atoms with Gasteiger partial charge in [0.25, 0.3) is 10.0 Å². The van der Waals surface area contributed by atoms with Crippen LogP contribution in [0, 0.1) is 6.92 Å². The van der Waals surface area contributed by atoms with E-state index in [4.69, 9.17) is 5.11 Å². The fraction of sp³-hybridized carbons (Fsp3) is 0.167. The second-order valence-corrected chi connectivity index (χ2v) is 8.22. The van der Waals surface area contributed by atoms with E-state index in [1.54, 1.807) is 37.3 Å². The van der Waals surface area contributed by atoms with Crippen LogP contribution in [0.3, 0.4) is 0 Å². The number of thiophene rings is 1. The Kier molecular flexibility index (Phi) is 4.29. The predicted molar refractivity (Wildman–Crippen MR) is 79.9 cm³/mol. The molecule has 0 radical (unpaired) electrons. The Bertz CT molecular complexity index is 695. The molecule has 0 atom stereocenters. The first-order chi connectivity index (χ1) is 8.92. The van der Waals surface area contributed by atoms with E-state index in [0.717, 1.165) is 8.66 Å². The first-order valence-corrected chi connectivity index (χ1v) is 8.50. The van der Waals surface area contributed by atoms with Crippen molar-refractivity contribution in [1.82, 2.24) is 0 Å². The molecule has 0 saturated carbocycles. The predicted octanol–water partition coefficient (Wildman–Crippen LogP) is 3.11. The Morgan fingerprint density at radius 1 is 1.37 bits per heavy atom. The minimum absolute atomic E-state index is 0.126. The van der Waals surface area contributed by atoms with Crippen LogP contribution in [0.5, 0.6) is 0 Å². The lowest BCUT2D eigenvalue weighted by Crippen LogP contribution is -2.13. The van der Waals surface area contributed by atoms with Crippen LogP contribution in [0.1, 0.15) is 10.4 Å². The molecule has 0 fully saturated rings. The van der Waals surface area contributed by atoms with Crippen LogP contribution in [0.4, 0.5) is 5.69 Å². The summed E-state index contributed by atoms with van der Waals surface area (Å²) in [7, 11) is -3.60. The molecule has 1 heterocycles. The Hall–Kier alpha value is -0.890. The number of aliphatic hydroxyl groups is 1. The van der Waals surface area contributed by atoms with E-state index < -0.39 is 10.0 Å². The van der Waals surface area contributed by atoms with Gasteiger partial charge in [-0.25, -0.2) is 8.42 Å². The summed E-state index contributed by atoms with van der Waals surface area (Å²) in [5.41, 5.74) is 1.09. The number of aliphatic hydroxyl groups excluding tert-OH is 1. The second kappa shape index (κ2) is 5.62. The van der Waals surface area contributed by atoms with Gasteiger partial charge in [-0.3, -0.25) is 4.72 Å². The van der Waals surface area contributed by atoms with Gasteiger partial charge in [0, 0.05) is 10.6 Å². The Morgan fingerprint density at radius 2 is 2.11 bits per heavy atom. The van der Waals surface area contributed by atoms with Crippen molar-refractivity contribution in [2.75, 3.05) is 4.72 Å². The minimum atomic E-state index is -3.60. The van der Waals surface area contributed by atoms with Gasteiger partial charge in [0.2, 0.25) is 0 Å². The number of hydrogen-bond acceptors (Lipinski definition) is 4. The van der Waals surface area contributed by atoms with Crippen molar-refractivity contribution in [1.29, 1.82) is 0 Å². The lowest BCUT2D eigenvalue weighted by Gasteiger charge is -2.08. The van der Waals surface area contributed by atoms with Crippen molar-refractivity contribution in [2.45, 2.75) is 18.4 Å². The van der Waals surface area contributed by atoms with Crippen LogP contribution in [-0.2, 0) is 16.6 Å². The highest BCUT2D eigenvalue weighted by molar-refractivity contribution is 9.11. The Morgan fingerprint density at radius 3 is 2.68 bits per heavy atom. The number of sulfonamides is 1. The van der Waals surface area contributed by atoms with E-state index in [-0.39, 0.29) is 11.5 Å². The highest BCUT2D eigenvalue weighted by Gasteiger charge is 2.19. The SMILES string of the molecule is Cc1sc(Br)cc1S(=O)(=O)Nc1cccc(CO)c1.